The Morgan fingerprint density at radius 3 is 2.20 bits per heavy atom. The summed E-state index contributed by atoms with van der Waals surface area (Å²) in [5.74, 6) is -0.746. The first-order chi connectivity index (χ1) is 18.6. The van der Waals surface area contributed by atoms with E-state index in [1.807, 2.05) is 0 Å². The minimum Gasteiger partial charge on any atom is -0.404 e. The van der Waals surface area contributed by atoms with Gasteiger partial charge in [-0.3, -0.25) is 14.4 Å². The molecule has 228 valence electrons. The standard InChI is InChI=1S/C29H53BN4O6/c1-16(2)13-23(30-39-22-15-19-14-21(28(19,6)7)29(22,8)40-30)33-26(37)20(11-9-10-12-31)32-27(38)24(18(5)35)34-25(36)17(3)4/h16-24,35H,9-15,31H2,1-8H3,(H,32,38)(H,33,37)(H,34,36)/t18-,19+,20?,21+,22-,23+,24+,29+/m1/s1. The summed E-state index contributed by atoms with van der Waals surface area (Å²) >= 11 is 0. The zero-order valence-electron chi connectivity index (χ0n) is 25.8. The Hall–Kier alpha value is -1.69. The average molecular weight is 565 g/mol. The van der Waals surface area contributed by atoms with E-state index in [2.05, 4.69) is 50.6 Å². The first-order valence-corrected chi connectivity index (χ1v) is 15.2. The van der Waals surface area contributed by atoms with Crippen molar-refractivity contribution in [3.8, 4) is 0 Å². The molecule has 3 aliphatic carbocycles. The van der Waals surface area contributed by atoms with Crippen LogP contribution in [0.15, 0.2) is 0 Å². The van der Waals surface area contributed by atoms with Crippen LogP contribution < -0.4 is 21.7 Å². The molecule has 11 heteroatoms. The van der Waals surface area contributed by atoms with Crippen molar-refractivity contribution in [2.24, 2.45) is 34.8 Å². The highest BCUT2D eigenvalue weighted by atomic mass is 16.7. The van der Waals surface area contributed by atoms with Crippen LogP contribution >= 0.6 is 0 Å². The lowest BCUT2D eigenvalue weighted by Crippen LogP contribution is -2.65. The molecule has 1 aliphatic heterocycles. The first kappa shape index (κ1) is 32.8. The largest absolute Gasteiger partial charge is 0.481 e. The van der Waals surface area contributed by atoms with Gasteiger partial charge in [-0.15, -0.1) is 0 Å². The second-order valence-corrected chi connectivity index (χ2v) is 13.8. The van der Waals surface area contributed by atoms with Crippen LogP contribution in [-0.4, -0.2) is 72.3 Å². The van der Waals surface area contributed by atoms with Crippen LogP contribution in [0, 0.1) is 29.1 Å². The maximum Gasteiger partial charge on any atom is 0.481 e. The molecule has 10 nitrogen and oxygen atoms in total. The number of aliphatic hydroxyl groups excluding tert-OH is 1. The van der Waals surface area contributed by atoms with Gasteiger partial charge in [0.15, 0.2) is 0 Å². The minimum absolute atomic E-state index is 0.00254. The molecule has 0 spiro atoms. The molecule has 4 rings (SSSR count). The molecule has 1 unspecified atom stereocenters. The van der Waals surface area contributed by atoms with E-state index >= 15 is 0 Å². The number of hydrogen-bond donors (Lipinski definition) is 5. The number of amides is 3. The topological polar surface area (TPSA) is 152 Å². The average Bonchev–Trinajstić information content (AvgIpc) is 3.22. The third-order valence-corrected chi connectivity index (χ3v) is 9.52. The molecule has 4 fully saturated rings. The van der Waals surface area contributed by atoms with Crippen LogP contribution in [0.2, 0.25) is 0 Å². The van der Waals surface area contributed by atoms with Crippen molar-refractivity contribution in [3.05, 3.63) is 0 Å². The molecule has 2 bridgehead atoms. The Kier molecular flexibility index (Phi) is 10.7. The molecule has 0 aromatic heterocycles. The lowest BCUT2D eigenvalue weighted by molar-refractivity contribution is -0.199. The van der Waals surface area contributed by atoms with E-state index in [9.17, 15) is 19.5 Å². The van der Waals surface area contributed by atoms with E-state index in [0.717, 1.165) is 12.8 Å². The van der Waals surface area contributed by atoms with Crippen molar-refractivity contribution < 1.29 is 28.8 Å². The molecule has 6 N–H and O–H groups in total. The lowest BCUT2D eigenvalue weighted by Gasteiger charge is -2.64. The third-order valence-electron chi connectivity index (χ3n) is 9.52. The van der Waals surface area contributed by atoms with E-state index in [-0.39, 0.29) is 35.2 Å². The van der Waals surface area contributed by atoms with Crippen LogP contribution in [0.1, 0.15) is 93.9 Å². The molecular formula is C29H53BN4O6. The molecule has 0 aromatic rings. The van der Waals surface area contributed by atoms with Gasteiger partial charge in [-0.1, -0.05) is 41.5 Å². The fourth-order valence-electron chi connectivity index (χ4n) is 6.85. The summed E-state index contributed by atoms with van der Waals surface area (Å²) in [6.07, 6.45) is 3.33. The third kappa shape index (κ3) is 7.02. The molecule has 4 aliphatic rings. The number of hydrogen-bond acceptors (Lipinski definition) is 7. The van der Waals surface area contributed by atoms with E-state index in [4.69, 9.17) is 15.0 Å². The van der Waals surface area contributed by atoms with Gasteiger partial charge >= 0.3 is 7.12 Å². The first-order valence-electron chi connectivity index (χ1n) is 15.2. The predicted octanol–water partition coefficient (Wildman–Crippen LogP) is 1.92. The molecule has 0 aromatic carbocycles. The van der Waals surface area contributed by atoms with E-state index < -0.39 is 42.8 Å². The Morgan fingerprint density at radius 2 is 1.65 bits per heavy atom. The zero-order valence-corrected chi connectivity index (χ0v) is 25.8. The number of rotatable bonds is 14. The molecular weight excluding hydrogens is 511 g/mol. The minimum atomic E-state index is -1.18. The second kappa shape index (κ2) is 13.1. The number of unbranched alkanes of at least 4 members (excludes halogenated alkanes) is 1. The Morgan fingerprint density at radius 1 is 0.975 bits per heavy atom. The van der Waals surface area contributed by atoms with Crippen LogP contribution in [0.3, 0.4) is 0 Å². The van der Waals surface area contributed by atoms with Gasteiger partial charge in [-0.2, -0.15) is 0 Å². The lowest BCUT2D eigenvalue weighted by atomic mass is 9.43. The van der Waals surface area contributed by atoms with Crippen LogP contribution in [-0.2, 0) is 23.7 Å². The van der Waals surface area contributed by atoms with Crippen molar-refractivity contribution >= 4 is 24.8 Å². The molecule has 0 radical (unpaired) electrons. The summed E-state index contributed by atoms with van der Waals surface area (Å²) < 4.78 is 13.2. The van der Waals surface area contributed by atoms with Crippen LogP contribution in [0.4, 0.5) is 0 Å². The van der Waals surface area contributed by atoms with Gasteiger partial charge in [0.25, 0.3) is 0 Å². The second-order valence-electron chi connectivity index (χ2n) is 13.8. The summed E-state index contributed by atoms with van der Waals surface area (Å²) in [6, 6.07) is -2.04. The molecule has 40 heavy (non-hydrogen) atoms. The van der Waals surface area contributed by atoms with Gasteiger partial charge in [0, 0.05) is 5.92 Å². The van der Waals surface area contributed by atoms with E-state index in [1.54, 1.807) is 13.8 Å². The highest BCUT2D eigenvalue weighted by Crippen LogP contribution is 2.65. The Balaban J connectivity index is 1.74. The maximum absolute atomic E-state index is 13.7. The van der Waals surface area contributed by atoms with Gasteiger partial charge in [-0.05, 0) is 82.1 Å². The Bertz CT molecular complexity index is 915. The van der Waals surface area contributed by atoms with E-state index in [0.29, 0.717) is 44.1 Å². The number of carbonyl (C=O) groups is 3. The van der Waals surface area contributed by atoms with Crippen molar-refractivity contribution in [1.82, 2.24) is 16.0 Å². The van der Waals surface area contributed by atoms with Gasteiger partial charge < -0.3 is 36.1 Å². The normalized spacial score (nSPS) is 29.7. The van der Waals surface area contributed by atoms with Crippen molar-refractivity contribution in [2.75, 3.05) is 6.54 Å². The molecule has 3 saturated carbocycles. The number of carbonyl (C=O) groups excluding carboxylic acids is 3. The summed E-state index contributed by atoms with van der Waals surface area (Å²) in [5, 5.41) is 18.7. The van der Waals surface area contributed by atoms with Crippen LogP contribution in [0.5, 0.6) is 0 Å². The molecule has 3 amide bonds. The van der Waals surface area contributed by atoms with E-state index in [1.165, 1.54) is 6.92 Å². The SMILES string of the molecule is CC(C)C[C@H](NC(=O)C(CCCCN)NC(=O)[C@@H](NC(=O)C(C)C)[C@@H](C)O)B1O[C@@H]2C[C@@H]3C[C@@H](C3(C)C)[C@]2(C)O1. The Labute approximate surface area is 240 Å². The van der Waals surface area contributed by atoms with Crippen molar-refractivity contribution in [3.63, 3.8) is 0 Å². The number of nitrogens with one attached hydrogen (secondary N) is 3. The molecule has 8 atom stereocenters. The highest BCUT2D eigenvalue weighted by Gasteiger charge is 2.68. The van der Waals surface area contributed by atoms with Gasteiger partial charge in [0.2, 0.25) is 17.7 Å². The fourth-order valence-corrected chi connectivity index (χ4v) is 6.85. The summed E-state index contributed by atoms with van der Waals surface area (Å²) in [7, 11) is -0.576. The van der Waals surface area contributed by atoms with Gasteiger partial charge in [0.1, 0.15) is 12.1 Å². The quantitative estimate of drug-likeness (QED) is 0.160. The van der Waals surface area contributed by atoms with Gasteiger partial charge in [-0.25, -0.2) is 0 Å². The van der Waals surface area contributed by atoms with Crippen molar-refractivity contribution in [2.45, 2.75) is 130 Å². The monoisotopic (exact) mass is 564 g/mol. The van der Waals surface area contributed by atoms with Crippen LogP contribution in [0.25, 0.3) is 0 Å². The predicted molar refractivity (Wildman–Crippen MR) is 155 cm³/mol. The maximum atomic E-state index is 13.7. The number of aliphatic hydroxyl groups is 1. The van der Waals surface area contributed by atoms with Gasteiger partial charge in [0.05, 0.1) is 23.8 Å². The summed E-state index contributed by atoms with van der Waals surface area (Å²) in [5.41, 5.74) is 5.50. The molecule has 1 saturated heterocycles. The fraction of sp³-hybridized carbons (Fsp3) is 0.897. The highest BCUT2D eigenvalue weighted by molar-refractivity contribution is 6.48. The summed E-state index contributed by atoms with van der Waals surface area (Å²) in [4.78, 5) is 39.1. The zero-order chi connectivity index (χ0) is 30.0. The van der Waals surface area contributed by atoms with Crippen molar-refractivity contribution in [1.29, 1.82) is 0 Å². The summed E-state index contributed by atoms with van der Waals surface area (Å²) in [6.45, 7) is 16.3. The number of nitrogens with two attached hydrogens (primary N) is 1. The smallest absolute Gasteiger partial charge is 0.404 e. The molecule has 1 heterocycles.